The van der Waals surface area contributed by atoms with Crippen molar-refractivity contribution in [3.63, 3.8) is 0 Å². The van der Waals surface area contributed by atoms with Crippen molar-refractivity contribution in [3.8, 4) is 0 Å². The number of piperidine rings is 1. The summed E-state index contributed by atoms with van der Waals surface area (Å²) in [4.78, 5) is 30.6. The van der Waals surface area contributed by atoms with E-state index in [0.717, 1.165) is 18.4 Å². The number of nitrogens with zero attached hydrogens (tertiary/aromatic N) is 3. The monoisotopic (exact) mass is 437 g/mol. The number of likely N-dealkylation sites (tertiary alicyclic amines) is 1. The van der Waals surface area contributed by atoms with Gasteiger partial charge >= 0.3 is 6.09 Å². The predicted molar refractivity (Wildman–Crippen MR) is 127 cm³/mol. The lowest BCUT2D eigenvalue weighted by Crippen LogP contribution is -2.54. The zero-order valence-electron chi connectivity index (χ0n) is 19.6. The Morgan fingerprint density at radius 2 is 1.50 bits per heavy atom. The van der Waals surface area contributed by atoms with Crippen LogP contribution in [-0.4, -0.2) is 72.6 Å². The van der Waals surface area contributed by atoms with Crippen LogP contribution in [-0.2, 0) is 10.3 Å². The zero-order chi connectivity index (χ0) is 23.3. The Kier molecular flexibility index (Phi) is 7.56. The van der Waals surface area contributed by atoms with Gasteiger partial charge in [0, 0.05) is 32.2 Å². The normalized spacial score (nSPS) is 17.6. The average Bonchev–Trinajstić information content (AvgIpc) is 2.82. The van der Waals surface area contributed by atoms with Crippen LogP contribution in [0.1, 0.15) is 36.8 Å². The minimum atomic E-state index is -1.02. The van der Waals surface area contributed by atoms with Crippen LogP contribution in [0.5, 0.6) is 0 Å². The van der Waals surface area contributed by atoms with Gasteiger partial charge in [-0.25, -0.2) is 4.79 Å². The maximum atomic E-state index is 13.7. The number of hydrogen-bond acceptors (Lipinski definition) is 3. The molecule has 2 unspecified atom stereocenters. The van der Waals surface area contributed by atoms with Crippen LogP contribution in [0.3, 0.4) is 0 Å². The number of rotatable bonds is 7. The molecule has 1 aliphatic heterocycles. The van der Waals surface area contributed by atoms with Gasteiger partial charge in [0.15, 0.2) is 0 Å². The second kappa shape index (κ2) is 10.2. The smallest absolute Gasteiger partial charge is 0.407 e. The summed E-state index contributed by atoms with van der Waals surface area (Å²) in [6.07, 6.45) is 0.672. The highest BCUT2D eigenvalue weighted by Crippen LogP contribution is 2.38. The van der Waals surface area contributed by atoms with E-state index < -0.39 is 12.0 Å². The maximum Gasteiger partial charge on any atom is 0.407 e. The Hall–Kier alpha value is -2.86. The van der Waals surface area contributed by atoms with Gasteiger partial charge in [-0.1, -0.05) is 67.6 Å². The van der Waals surface area contributed by atoms with Crippen molar-refractivity contribution in [3.05, 3.63) is 71.8 Å². The third-order valence-electron chi connectivity index (χ3n) is 7.11. The number of benzene rings is 2. The summed E-state index contributed by atoms with van der Waals surface area (Å²) in [6, 6.07) is 20.4. The first-order chi connectivity index (χ1) is 15.3. The number of hydrogen-bond donors (Lipinski definition) is 1. The molecule has 1 saturated heterocycles. The van der Waals surface area contributed by atoms with Crippen LogP contribution >= 0.6 is 0 Å². The Labute approximate surface area is 191 Å². The molecule has 3 rings (SSSR count). The first-order valence-corrected chi connectivity index (χ1v) is 11.3. The third kappa shape index (κ3) is 4.96. The summed E-state index contributed by atoms with van der Waals surface area (Å²) in [5.74, 6) is -0.475. The van der Waals surface area contributed by atoms with E-state index in [1.807, 2.05) is 48.2 Å². The van der Waals surface area contributed by atoms with E-state index in [0.29, 0.717) is 13.1 Å². The Balaban J connectivity index is 1.80. The molecule has 1 heterocycles. The average molecular weight is 438 g/mol. The van der Waals surface area contributed by atoms with Gasteiger partial charge in [-0.3, -0.25) is 9.69 Å². The van der Waals surface area contributed by atoms with Crippen LogP contribution in [0.2, 0.25) is 0 Å². The van der Waals surface area contributed by atoms with E-state index in [2.05, 4.69) is 43.3 Å². The third-order valence-corrected chi connectivity index (χ3v) is 7.11. The molecule has 1 aliphatic rings. The molecular formula is C26H35N3O3. The Morgan fingerprint density at radius 3 is 2.00 bits per heavy atom. The topological polar surface area (TPSA) is 64.1 Å². The van der Waals surface area contributed by atoms with Gasteiger partial charge in [-0.15, -0.1) is 0 Å². The van der Waals surface area contributed by atoms with Gasteiger partial charge < -0.3 is 14.9 Å². The number of carbonyl (C=O) groups is 2. The second-order valence-corrected chi connectivity index (χ2v) is 9.09. The molecule has 0 saturated carbocycles. The first-order valence-electron chi connectivity index (χ1n) is 11.3. The van der Waals surface area contributed by atoms with E-state index in [9.17, 15) is 14.7 Å². The van der Waals surface area contributed by atoms with Crippen molar-refractivity contribution in [2.45, 2.75) is 31.2 Å². The summed E-state index contributed by atoms with van der Waals surface area (Å²) in [7, 11) is 5.74. The van der Waals surface area contributed by atoms with Gasteiger partial charge in [-0.05, 0) is 44.0 Å². The van der Waals surface area contributed by atoms with Crippen molar-refractivity contribution in [2.75, 3.05) is 40.8 Å². The fourth-order valence-corrected chi connectivity index (χ4v) is 4.89. The first kappa shape index (κ1) is 23.8. The standard InChI is InChI=1S/C26H35N3O3/c1-20(21-11-7-5-8-12-21)23(19-28(4)25(31)32)24(30)29-17-15-26(16-18-29,27(2)3)22-13-9-6-10-14-22/h5-14,20,23H,15-19H2,1-4H3,(H,31,32). The Bertz CT molecular complexity index is 893. The van der Waals surface area contributed by atoms with Crippen molar-refractivity contribution < 1.29 is 14.7 Å². The zero-order valence-corrected chi connectivity index (χ0v) is 19.6. The molecule has 172 valence electrons. The van der Waals surface area contributed by atoms with Crippen LogP contribution in [0, 0.1) is 5.92 Å². The highest BCUT2D eigenvalue weighted by Gasteiger charge is 2.41. The van der Waals surface area contributed by atoms with Crippen molar-refractivity contribution in [2.24, 2.45) is 5.92 Å². The van der Waals surface area contributed by atoms with E-state index in [4.69, 9.17) is 0 Å². The molecule has 0 aliphatic carbocycles. The summed E-state index contributed by atoms with van der Waals surface area (Å²) < 4.78 is 0. The Morgan fingerprint density at radius 1 is 0.969 bits per heavy atom. The van der Waals surface area contributed by atoms with Crippen LogP contribution in [0.25, 0.3) is 0 Å². The molecule has 2 aromatic carbocycles. The predicted octanol–water partition coefficient (Wildman–Crippen LogP) is 4.10. The van der Waals surface area contributed by atoms with Gasteiger partial charge in [0.05, 0.1) is 5.92 Å². The van der Waals surface area contributed by atoms with Crippen molar-refractivity contribution in [1.29, 1.82) is 0 Å². The van der Waals surface area contributed by atoms with Crippen LogP contribution in [0.4, 0.5) is 4.79 Å². The number of carboxylic acid groups (broad SMARTS) is 1. The van der Waals surface area contributed by atoms with Gasteiger partial charge in [0.25, 0.3) is 0 Å². The molecule has 32 heavy (non-hydrogen) atoms. The number of carbonyl (C=O) groups excluding carboxylic acids is 1. The van der Waals surface area contributed by atoms with E-state index >= 15 is 0 Å². The summed E-state index contributed by atoms with van der Waals surface area (Å²) in [5.41, 5.74) is 2.22. The summed E-state index contributed by atoms with van der Waals surface area (Å²) in [6.45, 7) is 3.51. The van der Waals surface area contributed by atoms with Gasteiger partial charge in [0.2, 0.25) is 5.91 Å². The van der Waals surface area contributed by atoms with Crippen LogP contribution in [0.15, 0.2) is 60.7 Å². The molecule has 0 spiro atoms. The summed E-state index contributed by atoms with van der Waals surface area (Å²) >= 11 is 0. The lowest BCUT2D eigenvalue weighted by atomic mass is 9.79. The summed E-state index contributed by atoms with van der Waals surface area (Å²) in [5, 5.41) is 9.43. The molecule has 0 bridgehead atoms. The molecule has 1 fully saturated rings. The molecule has 2 amide bonds. The van der Waals surface area contributed by atoms with Gasteiger partial charge in [0.1, 0.15) is 0 Å². The van der Waals surface area contributed by atoms with Crippen molar-refractivity contribution >= 4 is 12.0 Å². The second-order valence-electron chi connectivity index (χ2n) is 9.09. The molecular weight excluding hydrogens is 402 g/mol. The van der Waals surface area contributed by atoms with Crippen molar-refractivity contribution in [1.82, 2.24) is 14.7 Å². The fourth-order valence-electron chi connectivity index (χ4n) is 4.89. The van der Waals surface area contributed by atoms with E-state index in [-0.39, 0.29) is 23.9 Å². The van der Waals surface area contributed by atoms with Gasteiger partial charge in [-0.2, -0.15) is 0 Å². The highest BCUT2D eigenvalue weighted by molar-refractivity contribution is 5.81. The highest BCUT2D eigenvalue weighted by atomic mass is 16.4. The molecule has 1 N–H and O–H groups in total. The minimum Gasteiger partial charge on any atom is -0.465 e. The quantitative estimate of drug-likeness (QED) is 0.709. The molecule has 0 radical (unpaired) electrons. The molecule has 6 heteroatoms. The fraction of sp³-hybridized carbons (Fsp3) is 0.462. The maximum absolute atomic E-state index is 13.7. The SMILES string of the molecule is CC(c1ccccc1)C(CN(C)C(=O)O)C(=O)N1CCC(c2ccccc2)(N(C)C)CC1. The van der Waals surface area contributed by atoms with E-state index in [1.165, 1.54) is 17.5 Å². The molecule has 2 atom stereocenters. The minimum absolute atomic E-state index is 0.0369. The van der Waals surface area contributed by atoms with E-state index in [1.54, 1.807) is 0 Å². The lowest BCUT2D eigenvalue weighted by Gasteiger charge is -2.47. The molecule has 0 aromatic heterocycles. The largest absolute Gasteiger partial charge is 0.465 e. The lowest BCUT2D eigenvalue weighted by molar-refractivity contribution is -0.139. The molecule has 2 aromatic rings. The van der Waals surface area contributed by atoms with Crippen LogP contribution < -0.4 is 0 Å². The molecule has 6 nitrogen and oxygen atoms in total. The number of amides is 2.